The third-order valence-corrected chi connectivity index (χ3v) is 5.01. The lowest BCUT2D eigenvalue weighted by Crippen LogP contribution is -2.22. The van der Waals surface area contributed by atoms with Gasteiger partial charge in [-0.1, -0.05) is 25.1 Å². The minimum atomic E-state index is -1.14. The topological polar surface area (TPSA) is 71.5 Å². The van der Waals surface area contributed by atoms with Gasteiger partial charge in [-0.25, -0.2) is 4.98 Å². The molecule has 0 aliphatic carbocycles. The largest absolute Gasteiger partial charge is 0.550 e. The summed E-state index contributed by atoms with van der Waals surface area (Å²) in [5.74, 6) is 0.127. The Bertz CT molecular complexity index is 944. The summed E-state index contributed by atoms with van der Waals surface area (Å²) in [6.07, 6.45) is 2.49. The molecule has 6 heteroatoms. The van der Waals surface area contributed by atoms with Crippen molar-refractivity contribution in [2.45, 2.75) is 19.8 Å². The number of carbonyl (C=O) groups is 1. The summed E-state index contributed by atoms with van der Waals surface area (Å²) in [4.78, 5) is 15.8. The molecule has 27 heavy (non-hydrogen) atoms. The van der Waals surface area contributed by atoms with Crippen molar-refractivity contribution >= 4 is 39.2 Å². The normalized spacial score (nSPS) is 11.6. The Labute approximate surface area is 161 Å². The van der Waals surface area contributed by atoms with Gasteiger partial charge < -0.3 is 19.4 Å². The Balaban J connectivity index is 1.99. The van der Waals surface area contributed by atoms with Gasteiger partial charge in [0.05, 0.1) is 23.9 Å². The van der Waals surface area contributed by atoms with Gasteiger partial charge in [-0.3, -0.25) is 0 Å². The Morgan fingerprint density at radius 1 is 1.22 bits per heavy atom. The highest BCUT2D eigenvalue weighted by Crippen LogP contribution is 2.33. The third kappa shape index (κ3) is 4.65. The molecule has 0 aliphatic rings. The van der Waals surface area contributed by atoms with Gasteiger partial charge in [0, 0.05) is 12.4 Å². The average molecular weight is 382 g/mol. The molecule has 0 unspecified atom stereocenters. The zero-order chi connectivity index (χ0) is 19.2. The third-order valence-electron chi connectivity index (χ3n) is 3.89. The predicted octanol–water partition coefficient (Wildman–Crippen LogP) is 3.77. The molecule has 0 fully saturated rings. The molecule has 5 nitrogen and oxygen atoms in total. The van der Waals surface area contributed by atoms with E-state index in [0.717, 1.165) is 22.2 Å². The number of hydrogen-bond donors (Lipinski definition) is 0. The summed E-state index contributed by atoms with van der Waals surface area (Å²) in [7, 11) is 1.58. The monoisotopic (exact) mass is 382 g/mol. The lowest BCUT2D eigenvalue weighted by atomic mass is 10.1. The van der Waals surface area contributed by atoms with Crippen LogP contribution in [-0.4, -0.2) is 24.7 Å². The van der Waals surface area contributed by atoms with E-state index in [4.69, 9.17) is 9.47 Å². The van der Waals surface area contributed by atoms with Crippen molar-refractivity contribution < 1.29 is 19.4 Å². The van der Waals surface area contributed by atoms with Crippen LogP contribution in [0.25, 0.3) is 21.9 Å². The summed E-state index contributed by atoms with van der Waals surface area (Å²) < 4.78 is 12.1. The van der Waals surface area contributed by atoms with Gasteiger partial charge in [0.25, 0.3) is 0 Å². The van der Waals surface area contributed by atoms with Crippen LogP contribution < -0.4 is 14.6 Å². The van der Waals surface area contributed by atoms with E-state index in [1.165, 1.54) is 11.3 Å². The number of hydrogen-bond acceptors (Lipinski definition) is 6. The molecule has 0 bridgehead atoms. The molecule has 3 aromatic rings. The molecule has 2 aromatic carbocycles. The summed E-state index contributed by atoms with van der Waals surface area (Å²) in [6.45, 7) is 2.64. The Kier molecular flexibility index (Phi) is 6.08. The maximum atomic E-state index is 11.3. The average Bonchev–Trinajstić information content (AvgIpc) is 3.10. The molecule has 0 atom stereocenters. The van der Waals surface area contributed by atoms with Crippen molar-refractivity contribution in [3.8, 4) is 11.5 Å². The molecule has 0 saturated carbocycles. The number of nitrogens with zero attached hydrogens (tertiary/aromatic N) is 1. The molecule has 1 heterocycles. The molecule has 0 N–H and O–H groups in total. The standard InChI is InChI=1S/C21H21NO4S/c1-3-10-26-17-9-8-14(12-18(17)25-2)11-15(13-20(23)24)21-22-16-6-4-5-7-19(16)27-21/h4-9,11-12H,3,10,13H2,1-2H3,(H,23,24)/p-1/b15-11+. The molecule has 0 amide bonds. The van der Waals surface area contributed by atoms with Gasteiger partial charge in [0.2, 0.25) is 0 Å². The second-order valence-electron chi connectivity index (χ2n) is 5.96. The summed E-state index contributed by atoms with van der Waals surface area (Å²) in [6, 6.07) is 13.3. The maximum absolute atomic E-state index is 11.3. The van der Waals surface area contributed by atoms with Crippen molar-refractivity contribution in [2.24, 2.45) is 0 Å². The number of rotatable bonds is 8. The zero-order valence-corrected chi connectivity index (χ0v) is 16.0. The Morgan fingerprint density at radius 3 is 2.74 bits per heavy atom. The number of thiazole rings is 1. The van der Waals surface area contributed by atoms with E-state index in [-0.39, 0.29) is 6.42 Å². The van der Waals surface area contributed by atoms with E-state index in [1.807, 2.05) is 49.4 Å². The van der Waals surface area contributed by atoms with E-state index >= 15 is 0 Å². The first-order chi connectivity index (χ1) is 13.1. The highest BCUT2D eigenvalue weighted by molar-refractivity contribution is 7.19. The van der Waals surface area contributed by atoms with Crippen LogP contribution >= 0.6 is 11.3 Å². The highest BCUT2D eigenvalue weighted by Gasteiger charge is 2.11. The van der Waals surface area contributed by atoms with Gasteiger partial charge >= 0.3 is 0 Å². The molecular formula is C21H20NO4S-. The first-order valence-corrected chi connectivity index (χ1v) is 9.49. The van der Waals surface area contributed by atoms with Crippen LogP contribution in [0.2, 0.25) is 0 Å². The first-order valence-electron chi connectivity index (χ1n) is 8.68. The van der Waals surface area contributed by atoms with E-state index in [2.05, 4.69) is 4.98 Å². The summed E-state index contributed by atoms with van der Waals surface area (Å²) in [5.41, 5.74) is 2.26. The molecule has 0 aliphatic heterocycles. The van der Waals surface area contributed by atoms with E-state index in [1.54, 1.807) is 13.2 Å². The lowest BCUT2D eigenvalue weighted by molar-refractivity contribution is -0.304. The number of benzene rings is 2. The van der Waals surface area contributed by atoms with Gasteiger partial charge in [-0.15, -0.1) is 11.3 Å². The fourth-order valence-electron chi connectivity index (χ4n) is 2.66. The van der Waals surface area contributed by atoms with Gasteiger partial charge in [0.15, 0.2) is 11.5 Å². The number of carboxylic acid groups (broad SMARTS) is 1. The Hall–Kier alpha value is -2.86. The molecule has 0 saturated heterocycles. The van der Waals surface area contributed by atoms with Crippen LogP contribution in [0.5, 0.6) is 11.5 Å². The number of para-hydroxylation sites is 1. The minimum Gasteiger partial charge on any atom is -0.550 e. The number of ether oxygens (including phenoxy) is 2. The predicted molar refractivity (Wildman–Crippen MR) is 106 cm³/mol. The number of aromatic nitrogens is 1. The van der Waals surface area contributed by atoms with E-state index < -0.39 is 5.97 Å². The van der Waals surface area contributed by atoms with Crippen molar-refractivity contribution in [3.63, 3.8) is 0 Å². The quantitative estimate of drug-likeness (QED) is 0.593. The molecule has 0 spiro atoms. The van der Waals surface area contributed by atoms with Crippen LogP contribution in [0.1, 0.15) is 30.3 Å². The fraction of sp³-hybridized carbons (Fsp3) is 0.238. The molecule has 1 aromatic heterocycles. The molecular weight excluding hydrogens is 362 g/mol. The second-order valence-corrected chi connectivity index (χ2v) is 6.99. The Morgan fingerprint density at radius 2 is 2.04 bits per heavy atom. The molecule has 3 rings (SSSR count). The molecule has 140 valence electrons. The smallest absolute Gasteiger partial charge is 0.161 e. The summed E-state index contributed by atoms with van der Waals surface area (Å²) >= 11 is 1.46. The minimum absolute atomic E-state index is 0.212. The first kappa shape index (κ1) is 18.9. The zero-order valence-electron chi connectivity index (χ0n) is 15.2. The van der Waals surface area contributed by atoms with Crippen molar-refractivity contribution in [2.75, 3.05) is 13.7 Å². The van der Waals surface area contributed by atoms with Gasteiger partial charge in [-0.2, -0.15) is 0 Å². The number of fused-ring (bicyclic) bond motifs is 1. The number of aliphatic carboxylic acids is 1. The number of carboxylic acids is 1. The molecule has 0 radical (unpaired) electrons. The maximum Gasteiger partial charge on any atom is 0.161 e. The van der Waals surface area contributed by atoms with E-state index in [9.17, 15) is 9.90 Å². The SMILES string of the molecule is CCCOc1ccc(/C=C(\CC(=O)[O-])c2nc3ccccc3s2)cc1OC. The van der Waals surface area contributed by atoms with Crippen molar-refractivity contribution in [1.82, 2.24) is 4.98 Å². The number of carbonyl (C=O) groups excluding carboxylic acids is 1. The van der Waals surface area contributed by atoms with Crippen LogP contribution in [0.15, 0.2) is 42.5 Å². The lowest BCUT2D eigenvalue weighted by Gasteiger charge is -2.11. The van der Waals surface area contributed by atoms with Crippen molar-refractivity contribution in [3.05, 3.63) is 53.0 Å². The van der Waals surface area contributed by atoms with Crippen LogP contribution in [0.4, 0.5) is 0 Å². The number of methoxy groups -OCH3 is 1. The van der Waals surface area contributed by atoms with Gasteiger partial charge in [-0.05, 0) is 47.9 Å². The highest BCUT2D eigenvalue weighted by atomic mass is 32.1. The fourth-order valence-corrected chi connectivity index (χ4v) is 3.64. The van der Waals surface area contributed by atoms with Crippen molar-refractivity contribution in [1.29, 1.82) is 0 Å². The van der Waals surface area contributed by atoms with Crippen LogP contribution in [-0.2, 0) is 4.79 Å². The van der Waals surface area contributed by atoms with Crippen LogP contribution in [0.3, 0.4) is 0 Å². The van der Waals surface area contributed by atoms with E-state index in [0.29, 0.717) is 28.7 Å². The second kappa shape index (κ2) is 8.68. The van der Waals surface area contributed by atoms with Gasteiger partial charge in [0.1, 0.15) is 5.01 Å². The van der Waals surface area contributed by atoms with Crippen LogP contribution in [0, 0.1) is 0 Å². The summed E-state index contributed by atoms with van der Waals surface area (Å²) in [5, 5.41) is 11.9.